The molecule has 0 spiro atoms. The largest absolute Gasteiger partial charge is 0.496 e. The highest BCUT2D eigenvalue weighted by molar-refractivity contribution is 7.07. The van der Waals surface area contributed by atoms with E-state index in [1.54, 1.807) is 16.6 Å². The highest BCUT2D eigenvalue weighted by Gasteiger charge is 2.36. The van der Waals surface area contributed by atoms with Gasteiger partial charge in [-0.25, -0.2) is 4.99 Å². The summed E-state index contributed by atoms with van der Waals surface area (Å²) >= 11 is 1.37. The van der Waals surface area contributed by atoms with E-state index in [-0.39, 0.29) is 11.5 Å². The third-order valence-electron chi connectivity index (χ3n) is 8.74. The Hall–Kier alpha value is -4.17. The summed E-state index contributed by atoms with van der Waals surface area (Å²) in [5.41, 5.74) is 5.11. The topological polar surface area (TPSA) is 67.1 Å². The molecule has 3 heterocycles. The third kappa shape index (κ3) is 5.07. The highest BCUT2D eigenvalue weighted by Crippen LogP contribution is 2.40. The van der Waals surface area contributed by atoms with E-state index in [2.05, 4.69) is 30.0 Å². The zero-order valence-electron chi connectivity index (χ0n) is 25.5. The van der Waals surface area contributed by atoms with Crippen molar-refractivity contribution in [1.82, 2.24) is 9.47 Å². The molecule has 6 rings (SSSR count). The van der Waals surface area contributed by atoms with Crippen LogP contribution in [0.3, 0.4) is 0 Å². The Morgan fingerprint density at radius 1 is 1.07 bits per heavy atom. The molecule has 1 saturated heterocycles. The normalized spacial score (nSPS) is 16.9. The van der Waals surface area contributed by atoms with Gasteiger partial charge in [-0.15, -0.1) is 0 Å². The number of aryl methyl sites for hydroxylation is 1. The number of carbonyl (C=O) groups is 1. The molecule has 2 aliphatic rings. The van der Waals surface area contributed by atoms with Crippen LogP contribution in [-0.4, -0.2) is 48.7 Å². The number of benzene rings is 3. The summed E-state index contributed by atoms with van der Waals surface area (Å²) in [4.78, 5) is 38.2. The molecule has 0 N–H and O–H groups in total. The van der Waals surface area contributed by atoms with E-state index in [0.717, 1.165) is 40.6 Å². The molecular formula is C35H38N4O3S. The first kappa shape index (κ1) is 28.9. The average molecular weight is 595 g/mol. The van der Waals surface area contributed by atoms with Gasteiger partial charge < -0.3 is 14.5 Å². The average Bonchev–Trinajstić information content (AvgIpc) is 3.66. The van der Waals surface area contributed by atoms with Crippen molar-refractivity contribution in [3.8, 4) is 5.75 Å². The van der Waals surface area contributed by atoms with Crippen LogP contribution in [0.1, 0.15) is 56.3 Å². The van der Waals surface area contributed by atoms with E-state index >= 15 is 0 Å². The predicted molar refractivity (Wildman–Crippen MR) is 175 cm³/mol. The SMILES string of the molecule is CCN(CC)C(=O)C1=C(C)N=c2s/c(=C\c3ccc(N4CCCC4)cc3C)c(=O)n2[C@@H]1c1c(OC)ccc2ccccc12. The standard InChI is InChI=1S/C35H38N4O3S/c1-6-37(7-2)34(41)30-23(4)36-35-39(32(30)31-27-13-9-8-12-24(27)15-17-28(31)42-5)33(40)29(43-35)21-25-14-16-26(20-22(25)3)38-18-10-11-19-38/h8-9,12-17,20-21,32H,6-7,10-11,18-19H2,1-5H3/b29-21-/t32-/m0/s1. The van der Waals surface area contributed by atoms with Crippen LogP contribution in [0.2, 0.25) is 0 Å². The van der Waals surface area contributed by atoms with Crippen LogP contribution in [0.15, 0.2) is 75.7 Å². The van der Waals surface area contributed by atoms with Crippen molar-refractivity contribution in [1.29, 1.82) is 0 Å². The van der Waals surface area contributed by atoms with Gasteiger partial charge in [-0.05, 0) is 86.7 Å². The Bertz CT molecular complexity index is 1930. The maximum atomic E-state index is 14.4. The Morgan fingerprint density at radius 3 is 2.51 bits per heavy atom. The van der Waals surface area contributed by atoms with E-state index in [4.69, 9.17) is 9.73 Å². The van der Waals surface area contributed by atoms with Crippen LogP contribution in [0.4, 0.5) is 5.69 Å². The maximum absolute atomic E-state index is 14.4. The van der Waals surface area contributed by atoms with Gasteiger partial charge in [0.25, 0.3) is 11.5 Å². The van der Waals surface area contributed by atoms with Crippen LogP contribution in [0.25, 0.3) is 16.8 Å². The number of hydrogen-bond donors (Lipinski definition) is 0. The molecule has 1 amide bonds. The first-order valence-electron chi connectivity index (χ1n) is 15.1. The molecule has 1 aromatic heterocycles. The number of thiazole rings is 1. The van der Waals surface area contributed by atoms with Crippen molar-refractivity contribution in [3.63, 3.8) is 0 Å². The second-order valence-electron chi connectivity index (χ2n) is 11.2. The molecule has 0 unspecified atom stereocenters. The lowest BCUT2D eigenvalue weighted by atomic mass is 9.90. The van der Waals surface area contributed by atoms with Crippen molar-refractivity contribution in [2.24, 2.45) is 4.99 Å². The Kier molecular flexibility index (Phi) is 7.97. The number of carbonyl (C=O) groups excluding carboxylic acids is 1. The number of hydrogen-bond acceptors (Lipinski definition) is 6. The summed E-state index contributed by atoms with van der Waals surface area (Å²) < 4.78 is 8.20. The first-order chi connectivity index (χ1) is 20.9. The second-order valence-corrected chi connectivity index (χ2v) is 12.2. The Balaban J connectivity index is 1.58. The molecule has 2 aliphatic heterocycles. The summed E-state index contributed by atoms with van der Waals surface area (Å²) in [7, 11) is 1.63. The van der Waals surface area contributed by atoms with Gasteiger partial charge >= 0.3 is 0 Å². The summed E-state index contributed by atoms with van der Waals surface area (Å²) in [5, 5.41) is 1.95. The lowest BCUT2D eigenvalue weighted by Gasteiger charge is -2.30. The molecule has 0 radical (unpaired) electrons. The second kappa shape index (κ2) is 11.8. The fourth-order valence-electron chi connectivity index (χ4n) is 6.42. The Morgan fingerprint density at radius 2 is 1.81 bits per heavy atom. The number of amides is 1. The third-order valence-corrected chi connectivity index (χ3v) is 9.72. The quantitative estimate of drug-likeness (QED) is 0.296. The molecule has 7 nitrogen and oxygen atoms in total. The number of methoxy groups -OCH3 is 1. The van der Waals surface area contributed by atoms with E-state index in [9.17, 15) is 9.59 Å². The lowest BCUT2D eigenvalue weighted by molar-refractivity contribution is -0.127. The van der Waals surface area contributed by atoms with Crippen molar-refractivity contribution < 1.29 is 9.53 Å². The lowest BCUT2D eigenvalue weighted by Crippen LogP contribution is -2.43. The van der Waals surface area contributed by atoms with Crippen molar-refractivity contribution in [2.45, 2.75) is 46.6 Å². The molecule has 222 valence electrons. The van der Waals surface area contributed by atoms with Crippen LogP contribution in [0.5, 0.6) is 5.75 Å². The number of fused-ring (bicyclic) bond motifs is 2. The molecule has 4 aromatic rings. The highest BCUT2D eigenvalue weighted by atomic mass is 32.1. The summed E-state index contributed by atoms with van der Waals surface area (Å²) in [5.74, 6) is 0.514. The van der Waals surface area contributed by atoms with E-state index in [1.807, 2.05) is 63.2 Å². The number of rotatable bonds is 7. The minimum Gasteiger partial charge on any atom is -0.496 e. The van der Waals surface area contributed by atoms with E-state index in [0.29, 0.717) is 39.4 Å². The van der Waals surface area contributed by atoms with E-state index < -0.39 is 6.04 Å². The summed E-state index contributed by atoms with van der Waals surface area (Å²) in [6.07, 6.45) is 4.42. The molecule has 3 aromatic carbocycles. The fourth-order valence-corrected chi connectivity index (χ4v) is 7.46. The van der Waals surface area contributed by atoms with Gasteiger partial charge in [0.2, 0.25) is 0 Å². The predicted octanol–water partition coefficient (Wildman–Crippen LogP) is 5.17. The van der Waals surface area contributed by atoms with Gasteiger partial charge in [-0.3, -0.25) is 14.2 Å². The maximum Gasteiger partial charge on any atom is 0.271 e. The van der Waals surface area contributed by atoms with Crippen LogP contribution < -0.4 is 24.5 Å². The zero-order valence-corrected chi connectivity index (χ0v) is 26.3. The molecule has 0 aliphatic carbocycles. The minimum absolute atomic E-state index is 0.117. The van der Waals surface area contributed by atoms with Gasteiger partial charge in [-0.2, -0.15) is 0 Å². The molecule has 1 fully saturated rings. The number of anilines is 1. The number of ether oxygens (including phenoxy) is 1. The van der Waals surface area contributed by atoms with Gasteiger partial charge in [0.05, 0.1) is 22.9 Å². The van der Waals surface area contributed by atoms with Gasteiger partial charge in [0.15, 0.2) is 4.80 Å². The fraction of sp³-hybridized carbons (Fsp3) is 0.343. The molecule has 43 heavy (non-hydrogen) atoms. The van der Waals surface area contributed by atoms with Gasteiger partial charge in [0.1, 0.15) is 11.8 Å². The van der Waals surface area contributed by atoms with Crippen LogP contribution in [0, 0.1) is 6.92 Å². The Labute approximate surface area is 256 Å². The summed E-state index contributed by atoms with van der Waals surface area (Å²) in [6.45, 7) is 11.2. The van der Waals surface area contributed by atoms with Crippen molar-refractivity contribution >= 4 is 39.8 Å². The number of aromatic nitrogens is 1. The smallest absolute Gasteiger partial charge is 0.271 e. The monoisotopic (exact) mass is 594 g/mol. The van der Waals surface area contributed by atoms with Gasteiger partial charge in [0, 0.05) is 37.4 Å². The van der Waals surface area contributed by atoms with Gasteiger partial charge in [-0.1, -0.05) is 47.7 Å². The van der Waals surface area contributed by atoms with E-state index in [1.165, 1.54) is 29.9 Å². The van der Waals surface area contributed by atoms with Crippen LogP contribution >= 0.6 is 11.3 Å². The first-order valence-corrected chi connectivity index (χ1v) is 15.9. The molecule has 0 saturated carbocycles. The molecule has 0 bridgehead atoms. The van der Waals surface area contributed by atoms with Crippen LogP contribution in [-0.2, 0) is 4.79 Å². The van der Waals surface area contributed by atoms with Crippen molar-refractivity contribution in [2.75, 3.05) is 38.2 Å². The number of allylic oxidation sites excluding steroid dienone is 1. The van der Waals surface area contributed by atoms with Crippen molar-refractivity contribution in [3.05, 3.63) is 102 Å². The zero-order chi connectivity index (χ0) is 30.2. The minimum atomic E-state index is -0.689. The molecule has 1 atom stereocenters. The number of nitrogens with zero attached hydrogens (tertiary/aromatic N) is 4. The summed E-state index contributed by atoms with van der Waals surface area (Å²) in [6, 6.07) is 17.8. The molecule has 8 heteroatoms. The molecular weight excluding hydrogens is 556 g/mol. The number of likely N-dealkylation sites (N-methyl/N-ethyl adjacent to an activating group) is 1.